The zero-order chi connectivity index (χ0) is 19.7. The van der Waals surface area contributed by atoms with E-state index in [9.17, 15) is 14.0 Å². The van der Waals surface area contributed by atoms with Gasteiger partial charge in [0, 0.05) is 22.7 Å². The molecular weight excluding hydrogens is 357 g/mol. The average molecular weight is 373 g/mol. The molecule has 0 atom stereocenters. The van der Waals surface area contributed by atoms with Crippen molar-refractivity contribution in [2.75, 3.05) is 0 Å². The molecule has 1 saturated heterocycles. The third-order valence-electron chi connectivity index (χ3n) is 4.60. The summed E-state index contributed by atoms with van der Waals surface area (Å²) in [6.07, 6.45) is 8.95. The number of amides is 3. The second kappa shape index (κ2) is 7.05. The number of carbonyl (C=O) groups is 2. The summed E-state index contributed by atoms with van der Waals surface area (Å²) in [5.41, 5.74) is 2.60. The molecular formula is C22H16FN3O2. The van der Waals surface area contributed by atoms with E-state index in [1.165, 1.54) is 12.1 Å². The SMILES string of the molecule is C#CCn1cc(/C=C2\NC(=O)N(Cc3ccc(F)cc3)C2=O)c2ccccc21. The Labute approximate surface area is 161 Å². The van der Waals surface area contributed by atoms with Gasteiger partial charge in [0.2, 0.25) is 0 Å². The van der Waals surface area contributed by atoms with Gasteiger partial charge in [-0.15, -0.1) is 6.42 Å². The first-order valence-electron chi connectivity index (χ1n) is 8.67. The van der Waals surface area contributed by atoms with Gasteiger partial charge < -0.3 is 9.88 Å². The third-order valence-corrected chi connectivity index (χ3v) is 4.60. The molecule has 0 bridgehead atoms. The normalized spacial score (nSPS) is 15.3. The lowest BCUT2D eigenvalue weighted by Crippen LogP contribution is -2.30. The number of aromatic nitrogens is 1. The Morgan fingerprint density at radius 2 is 1.86 bits per heavy atom. The van der Waals surface area contributed by atoms with Gasteiger partial charge in [-0.05, 0) is 29.8 Å². The van der Waals surface area contributed by atoms with E-state index >= 15 is 0 Å². The second-order valence-corrected chi connectivity index (χ2v) is 6.44. The summed E-state index contributed by atoms with van der Waals surface area (Å²) in [6, 6.07) is 12.9. The number of terminal acetylenes is 1. The molecule has 28 heavy (non-hydrogen) atoms. The van der Waals surface area contributed by atoms with E-state index in [0.717, 1.165) is 21.4 Å². The molecule has 0 spiro atoms. The highest BCUT2D eigenvalue weighted by Gasteiger charge is 2.33. The van der Waals surface area contributed by atoms with E-state index in [1.807, 2.05) is 35.0 Å². The van der Waals surface area contributed by atoms with Crippen LogP contribution in [0.1, 0.15) is 11.1 Å². The van der Waals surface area contributed by atoms with Crippen molar-refractivity contribution in [3.8, 4) is 12.3 Å². The van der Waals surface area contributed by atoms with Gasteiger partial charge in [-0.2, -0.15) is 0 Å². The molecule has 4 rings (SSSR count). The minimum Gasteiger partial charge on any atom is -0.335 e. The molecule has 1 aliphatic rings. The topological polar surface area (TPSA) is 54.3 Å². The van der Waals surface area contributed by atoms with Gasteiger partial charge >= 0.3 is 6.03 Å². The quantitative estimate of drug-likeness (QED) is 0.432. The molecule has 2 aromatic carbocycles. The Balaban J connectivity index is 1.65. The Hall–Kier alpha value is -3.85. The molecule has 5 nitrogen and oxygen atoms in total. The van der Waals surface area contributed by atoms with E-state index in [1.54, 1.807) is 18.2 Å². The average Bonchev–Trinajstić information content (AvgIpc) is 3.17. The summed E-state index contributed by atoms with van der Waals surface area (Å²) in [5, 5.41) is 3.55. The van der Waals surface area contributed by atoms with Gasteiger partial charge in [-0.25, -0.2) is 9.18 Å². The van der Waals surface area contributed by atoms with Crippen molar-refractivity contribution in [2.45, 2.75) is 13.1 Å². The molecule has 1 fully saturated rings. The summed E-state index contributed by atoms with van der Waals surface area (Å²) in [7, 11) is 0. The Morgan fingerprint density at radius 3 is 2.61 bits per heavy atom. The highest BCUT2D eigenvalue weighted by molar-refractivity contribution is 6.14. The summed E-state index contributed by atoms with van der Waals surface area (Å²) in [5.74, 6) is 1.81. The monoisotopic (exact) mass is 373 g/mol. The molecule has 0 unspecified atom stereocenters. The van der Waals surface area contributed by atoms with Crippen molar-refractivity contribution >= 4 is 28.9 Å². The van der Waals surface area contributed by atoms with Crippen LogP contribution in [-0.2, 0) is 17.9 Å². The summed E-state index contributed by atoms with van der Waals surface area (Å²) in [4.78, 5) is 26.1. The fourth-order valence-electron chi connectivity index (χ4n) is 3.26. The largest absolute Gasteiger partial charge is 0.335 e. The zero-order valence-corrected chi connectivity index (χ0v) is 14.9. The molecule has 0 saturated carbocycles. The smallest absolute Gasteiger partial charge is 0.329 e. The predicted octanol–water partition coefficient (Wildman–Crippen LogP) is 3.51. The Bertz CT molecular complexity index is 1150. The maximum Gasteiger partial charge on any atom is 0.329 e. The number of urea groups is 1. The Morgan fingerprint density at radius 1 is 1.11 bits per heavy atom. The van der Waals surface area contributed by atoms with Crippen molar-refractivity contribution in [1.29, 1.82) is 0 Å². The summed E-state index contributed by atoms with van der Waals surface area (Å²) < 4.78 is 15.0. The van der Waals surface area contributed by atoms with Crippen molar-refractivity contribution in [3.63, 3.8) is 0 Å². The number of hydrogen-bond acceptors (Lipinski definition) is 2. The first-order chi connectivity index (χ1) is 13.6. The maximum absolute atomic E-state index is 13.1. The van der Waals surface area contributed by atoms with Crippen LogP contribution in [0.25, 0.3) is 17.0 Å². The van der Waals surface area contributed by atoms with Gasteiger partial charge in [0.1, 0.15) is 11.5 Å². The van der Waals surface area contributed by atoms with Gasteiger partial charge in [0.15, 0.2) is 0 Å². The maximum atomic E-state index is 13.1. The fraction of sp³-hybridized carbons (Fsp3) is 0.0909. The lowest BCUT2D eigenvalue weighted by Gasteiger charge is -2.11. The molecule has 1 aliphatic heterocycles. The number of nitrogens with one attached hydrogen (secondary N) is 1. The van der Waals surface area contributed by atoms with Gasteiger partial charge in [0.05, 0.1) is 13.1 Å². The number of fused-ring (bicyclic) bond motifs is 1. The van der Waals surface area contributed by atoms with Crippen molar-refractivity contribution in [2.24, 2.45) is 0 Å². The van der Waals surface area contributed by atoms with E-state index < -0.39 is 11.9 Å². The number of nitrogens with zero attached hydrogens (tertiary/aromatic N) is 2. The van der Waals surface area contributed by atoms with Gasteiger partial charge in [-0.3, -0.25) is 9.69 Å². The molecule has 1 aromatic heterocycles. The van der Waals surface area contributed by atoms with Crippen molar-refractivity contribution in [1.82, 2.24) is 14.8 Å². The van der Waals surface area contributed by atoms with Crippen LogP contribution in [0.4, 0.5) is 9.18 Å². The number of carbonyl (C=O) groups excluding carboxylic acids is 2. The van der Waals surface area contributed by atoms with Gasteiger partial charge in [0.25, 0.3) is 5.91 Å². The lowest BCUT2D eigenvalue weighted by atomic mass is 10.1. The Kier molecular flexibility index (Phi) is 4.42. The van der Waals surface area contributed by atoms with Gasteiger partial charge in [-0.1, -0.05) is 36.3 Å². The molecule has 6 heteroatoms. The minimum absolute atomic E-state index is 0.0706. The van der Waals surface area contributed by atoms with E-state index in [4.69, 9.17) is 6.42 Å². The number of benzene rings is 2. The third kappa shape index (κ3) is 3.14. The van der Waals surface area contributed by atoms with Crippen LogP contribution in [0, 0.1) is 18.2 Å². The molecule has 3 aromatic rings. The number of imide groups is 1. The molecule has 2 heterocycles. The number of hydrogen-bond donors (Lipinski definition) is 1. The van der Waals surface area contributed by atoms with Crippen molar-refractivity contribution < 1.29 is 14.0 Å². The van der Waals surface area contributed by atoms with Crippen LogP contribution >= 0.6 is 0 Å². The summed E-state index contributed by atoms with van der Waals surface area (Å²) >= 11 is 0. The van der Waals surface area contributed by atoms with Crippen molar-refractivity contribution in [3.05, 3.63) is 77.4 Å². The van der Waals surface area contributed by atoms with E-state index in [2.05, 4.69) is 11.2 Å². The predicted molar refractivity (Wildman–Crippen MR) is 104 cm³/mol. The zero-order valence-electron chi connectivity index (χ0n) is 14.9. The van der Waals surface area contributed by atoms with Crippen LogP contribution in [0.2, 0.25) is 0 Å². The van der Waals surface area contributed by atoms with Crippen LogP contribution < -0.4 is 5.32 Å². The lowest BCUT2D eigenvalue weighted by molar-refractivity contribution is -0.123. The number of rotatable bonds is 4. The minimum atomic E-state index is -0.507. The molecule has 0 aliphatic carbocycles. The number of halogens is 1. The van der Waals surface area contributed by atoms with Crippen LogP contribution in [0.3, 0.4) is 0 Å². The molecule has 0 radical (unpaired) electrons. The van der Waals surface area contributed by atoms with Crippen LogP contribution in [-0.4, -0.2) is 21.4 Å². The highest BCUT2D eigenvalue weighted by Crippen LogP contribution is 2.25. The molecule has 138 valence electrons. The van der Waals surface area contributed by atoms with Crippen LogP contribution in [0.5, 0.6) is 0 Å². The second-order valence-electron chi connectivity index (χ2n) is 6.44. The first kappa shape index (κ1) is 17.6. The highest BCUT2D eigenvalue weighted by atomic mass is 19.1. The first-order valence-corrected chi connectivity index (χ1v) is 8.67. The van der Waals surface area contributed by atoms with E-state index in [-0.39, 0.29) is 18.1 Å². The molecule has 3 amide bonds. The fourth-order valence-corrected chi connectivity index (χ4v) is 3.26. The number of para-hydroxylation sites is 1. The van der Waals surface area contributed by atoms with Crippen LogP contribution in [0.15, 0.2) is 60.4 Å². The summed E-state index contributed by atoms with van der Waals surface area (Å²) in [6.45, 7) is 0.474. The standard InChI is InChI=1S/C22H16FN3O2/c1-2-11-25-14-16(18-5-3-4-6-20(18)25)12-19-21(27)26(22(28)24-19)13-15-7-9-17(23)10-8-15/h1,3-10,12,14H,11,13H2,(H,24,28)/b19-12-. The molecule has 1 N–H and O–H groups in total. The van der Waals surface area contributed by atoms with E-state index in [0.29, 0.717) is 12.1 Å².